The lowest BCUT2D eigenvalue weighted by molar-refractivity contribution is -0.142. The summed E-state index contributed by atoms with van der Waals surface area (Å²) in [6.07, 6.45) is 2.65. The highest BCUT2D eigenvalue weighted by atomic mass is 32.2. The number of carbonyl (C=O) groups is 1. The minimum atomic E-state index is -0.687. The fraction of sp³-hybridized carbons (Fsp3) is 0.714. The fourth-order valence-electron chi connectivity index (χ4n) is 3.50. The number of aliphatic hydroxyl groups is 2. The number of nitrogens with zero attached hydrogens (tertiary/aromatic N) is 1. The van der Waals surface area contributed by atoms with E-state index in [1.54, 1.807) is 17.8 Å². The number of amides is 1. The number of aliphatic hydroxyl groups excluding tert-OH is 2. The summed E-state index contributed by atoms with van der Waals surface area (Å²) in [6, 6.07) is 0. The second-order valence-corrected chi connectivity index (χ2v) is 7.49. The Morgan fingerprint density at radius 2 is 2.19 bits per heavy atom. The first kappa shape index (κ1) is 16.3. The minimum absolute atomic E-state index is 0.0315. The van der Waals surface area contributed by atoms with E-state index in [2.05, 4.69) is 11.6 Å². The van der Waals surface area contributed by atoms with Gasteiger partial charge in [-0.1, -0.05) is 6.08 Å². The Balaban J connectivity index is 2.19. The largest absolute Gasteiger partial charge is 0.395 e. The molecule has 7 heteroatoms. The average molecular weight is 313 g/mol. The zero-order valence-electron chi connectivity index (χ0n) is 12.1. The topological polar surface area (TPSA) is 122 Å². The molecule has 2 aliphatic rings. The van der Waals surface area contributed by atoms with Crippen molar-refractivity contribution in [3.05, 3.63) is 12.7 Å². The lowest BCUT2D eigenvalue weighted by atomic mass is 9.52. The maximum atomic E-state index is 12.4. The molecule has 0 aromatic heterocycles. The molecule has 21 heavy (non-hydrogen) atoms. The molecule has 0 aromatic carbocycles. The number of guanidine groups is 1. The molecule has 4 unspecified atom stereocenters. The number of carbonyl (C=O) groups excluding carboxylic acids is 1. The van der Waals surface area contributed by atoms with E-state index in [1.165, 1.54) is 0 Å². The van der Waals surface area contributed by atoms with Crippen molar-refractivity contribution in [3.8, 4) is 0 Å². The molecular weight excluding hydrogens is 290 g/mol. The van der Waals surface area contributed by atoms with E-state index in [4.69, 9.17) is 11.5 Å². The predicted molar refractivity (Wildman–Crippen MR) is 83.6 cm³/mol. The third-order valence-electron chi connectivity index (χ3n) is 4.91. The summed E-state index contributed by atoms with van der Waals surface area (Å²) >= 11 is 1.56. The van der Waals surface area contributed by atoms with Crippen LogP contribution in [0.25, 0.3) is 0 Å². The fourth-order valence-corrected chi connectivity index (χ4v) is 5.22. The molecule has 6 atom stereocenters. The molecule has 0 aromatic rings. The zero-order chi connectivity index (χ0) is 15.8. The molecule has 1 amide bonds. The average Bonchev–Trinajstić information content (AvgIpc) is 2.76. The van der Waals surface area contributed by atoms with Crippen LogP contribution in [0.4, 0.5) is 0 Å². The van der Waals surface area contributed by atoms with Crippen LogP contribution in [-0.4, -0.2) is 45.3 Å². The van der Waals surface area contributed by atoms with Crippen molar-refractivity contribution in [2.45, 2.75) is 36.4 Å². The standard InChI is InChI=1S/C14H23N3O3S/c1-3-7-4-8(10-5-9(19)11(6-18)21-10)14(7,2)12(20)17-13(15)16/h3,7-11,18-19H,1,4-6H2,2H3,(H4,15,16,17,20)/t7?,8?,9?,10-,11-,14?/m1/s1. The third-order valence-corrected chi connectivity index (χ3v) is 6.59. The van der Waals surface area contributed by atoms with Crippen LogP contribution in [0.3, 0.4) is 0 Å². The van der Waals surface area contributed by atoms with Gasteiger partial charge in [-0.2, -0.15) is 4.99 Å². The smallest absolute Gasteiger partial charge is 0.255 e. The van der Waals surface area contributed by atoms with Gasteiger partial charge in [0.25, 0.3) is 5.91 Å². The van der Waals surface area contributed by atoms with Gasteiger partial charge >= 0.3 is 0 Å². The SMILES string of the molecule is C=CC1CC([C@H]2CC(O)[C@@H](CO)S2)C1(C)C(=O)N=C(N)N. The van der Waals surface area contributed by atoms with Crippen LogP contribution in [0.5, 0.6) is 0 Å². The molecule has 0 spiro atoms. The quantitative estimate of drug-likeness (QED) is 0.325. The molecule has 0 radical (unpaired) electrons. The molecule has 6 nitrogen and oxygen atoms in total. The molecule has 2 fully saturated rings. The summed E-state index contributed by atoms with van der Waals surface area (Å²) in [7, 11) is 0. The van der Waals surface area contributed by atoms with Gasteiger partial charge in [0, 0.05) is 5.25 Å². The van der Waals surface area contributed by atoms with Gasteiger partial charge in [-0.25, -0.2) is 0 Å². The number of hydrogen-bond acceptors (Lipinski definition) is 4. The van der Waals surface area contributed by atoms with Crippen molar-refractivity contribution < 1.29 is 15.0 Å². The molecule has 0 bridgehead atoms. The Labute approximate surface area is 128 Å². The van der Waals surface area contributed by atoms with Gasteiger partial charge in [0.05, 0.1) is 23.4 Å². The van der Waals surface area contributed by atoms with Crippen molar-refractivity contribution in [1.82, 2.24) is 0 Å². The second-order valence-electron chi connectivity index (χ2n) is 6.01. The molecule has 6 N–H and O–H groups in total. The zero-order valence-corrected chi connectivity index (χ0v) is 12.9. The molecule has 1 saturated heterocycles. The lowest BCUT2D eigenvalue weighted by Crippen LogP contribution is -2.55. The van der Waals surface area contributed by atoms with E-state index in [0.29, 0.717) is 6.42 Å². The highest BCUT2D eigenvalue weighted by Crippen LogP contribution is 2.59. The maximum absolute atomic E-state index is 12.4. The Bertz CT molecular complexity index is 466. The lowest BCUT2D eigenvalue weighted by Gasteiger charge is -2.53. The molecule has 1 heterocycles. The van der Waals surface area contributed by atoms with Gasteiger partial charge in [-0.05, 0) is 31.6 Å². The summed E-state index contributed by atoms with van der Waals surface area (Å²) in [5.41, 5.74) is 9.96. The van der Waals surface area contributed by atoms with Crippen molar-refractivity contribution in [2.24, 2.45) is 33.7 Å². The predicted octanol–water partition coefficient (Wildman–Crippen LogP) is -0.158. The van der Waals surface area contributed by atoms with Crippen LogP contribution < -0.4 is 11.5 Å². The first-order chi connectivity index (χ1) is 9.84. The van der Waals surface area contributed by atoms with Crippen molar-refractivity contribution in [3.63, 3.8) is 0 Å². The molecular formula is C14H23N3O3S. The number of thioether (sulfide) groups is 1. The van der Waals surface area contributed by atoms with E-state index in [9.17, 15) is 15.0 Å². The maximum Gasteiger partial charge on any atom is 0.255 e. The number of aliphatic imine (C=N–C) groups is 1. The Morgan fingerprint density at radius 3 is 2.67 bits per heavy atom. The van der Waals surface area contributed by atoms with Crippen LogP contribution in [-0.2, 0) is 4.79 Å². The van der Waals surface area contributed by atoms with Gasteiger partial charge in [-0.3, -0.25) is 4.79 Å². The van der Waals surface area contributed by atoms with Crippen LogP contribution >= 0.6 is 11.8 Å². The normalized spacial score (nSPS) is 42.1. The molecule has 1 aliphatic heterocycles. The van der Waals surface area contributed by atoms with E-state index < -0.39 is 11.5 Å². The minimum Gasteiger partial charge on any atom is -0.395 e. The summed E-state index contributed by atoms with van der Waals surface area (Å²) in [5.74, 6) is -0.454. The Kier molecular flexibility index (Phi) is 4.65. The van der Waals surface area contributed by atoms with E-state index in [0.717, 1.165) is 6.42 Å². The Morgan fingerprint density at radius 1 is 1.52 bits per heavy atom. The van der Waals surface area contributed by atoms with Crippen LogP contribution in [0, 0.1) is 17.3 Å². The monoisotopic (exact) mass is 313 g/mol. The number of rotatable bonds is 4. The van der Waals surface area contributed by atoms with Crippen LogP contribution in [0.1, 0.15) is 19.8 Å². The first-order valence-electron chi connectivity index (χ1n) is 7.05. The van der Waals surface area contributed by atoms with Gasteiger partial charge in [0.15, 0.2) is 5.96 Å². The van der Waals surface area contributed by atoms with Crippen LogP contribution in [0.2, 0.25) is 0 Å². The summed E-state index contributed by atoms with van der Waals surface area (Å²) in [6.45, 7) is 5.59. The molecule has 1 saturated carbocycles. The van der Waals surface area contributed by atoms with E-state index in [1.807, 2.05) is 6.92 Å². The second kappa shape index (κ2) is 5.98. The third kappa shape index (κ3) is 2.69. The van der Waals surface area contributed by atoms with Gasteiger partial charge < -0.3 is 21.7 Å². The van der Waals surface area contributed by atoms with E-state index in [-0.39, 0.29) is 40.8 Å². The summed E-state index contributed by atoms with van der Waals surface area (Å²) in [4.78, 5) is 16.1. The summed E-state index contributed by atoms with van der Waals surface area (Å²) in [5, 5.41) is 19.2. The van der Waals surface area contributed by atoms with E-state index >= 15 is 0 Å². The molecule has 1 aliphatic carbocycles. The number of allylic oxidation sites excluding steroid dienone is 1. The van der Waals surface area contributed by atoms with Crippen LogP contribution in [0.15, 0.2) is 17.6 Å². The number of nitrogens with two attached hydrogens (primary N) is 2. The number of hydrogen-bond donors (Lipinski definition) is 4. The van der Waals surface area contributed by atoms with Gasteiger partial charge in [0.1, 0.15) is 0 Å². The van der Waals surface area contributed by atoms with Crippen molar-refractivity contribution >= 4 is 23.6 Å². The highest BCUT2D eigenvalue weighted by Gasteiger charge is 2.59. The van der Waals surface area contributed by atoms with Gasteiger partial charge in [0.2, 0.25) is 0 Å². The molecule has 2 rings (SSSR count). The van der Waals surface area contributed by atoms with Gasteiger partial charge in [-0.15, -0.1) is 18.3 Å². The van der Waals surface area contributed by atoms with Crippen molar-refractivity contribution in [2.75, 3.05) is 6.61 Å². The van der Waals surface area contributed by atoms with Crippen molar-refractivity contribution in [1.29, 1.82) is 0 Å². The Hall–Kier alpha value is -1.05. The first-order valence-corrected chi connectivity index (χ1v) is 7.99. The highest BCUT2D eigenvalue weighted by molar-refractivity contribution is 8.00. The summed E-state index contributed by atoms with van der Waals surface area (Å²) < 4.78 is 0. The molecule has 118 valence electrons.